The van der Waals surface area contributed by atoms with E-state index in [2.05, 4.69) is 211 Å². The van der Waals surface area contributed by atoms with Crippen molar-refractivity contribution in [2.75, 3.05) is 4.90 Å². The van der Waals surface area contributed by atoms with Gasteiger partial charge in [0, 0.05) is 22.3 Å². The summed E-state index contributed by atoms with van der Waals surface area (Å²) in [4.78, 5) is 2.37. The number of fused-ring (bicyclic) bond motifs is 4. The van der Waals surface area contributed by atoms with Crippen LogP contribution < -0.4 is 4.90 Å². The first-order valence-corrected chi connectivity index (χ1v) is 18.4. The van der Waals surface area contributed by atoms with Gasteiger partial charge in [0.1, 0.15) is 11.2 Å². The number of hydrogen-bond acceptors (Lipinski definition) is 2. The minimum absolute atomic E-state index is 0.872. The summed E-state index contributed by atoms with van der Waals surface area (Å²) in [6.45, 7) is 0. The van der Waals surface area contributed by atoms with Crippen molar-refractivity contribution in [2.24, 2.45) is 0 Å². The standard InChI is InChI=1S/C52H35NO/c1-3-14-36(15-4-1)43-21-9-10-22-45(43)39-26-30-41(31-27-39)53(42-32-28-40(29-33-42)46-24-13-19-37-18-7-8-20-44(37)46)49-35-34-47(38-16-5-2-6-17-38)52-51(49)48-23-11-12-25-50(48)54-52/h1-35H. The van der Waals surface area contributed by atoms with E-state index in [1.54, 1.807) is 0 Å². The van der Waals surface area contributed by atoms with Crippen molar-refractivity contribution >= 4 is 49.8 Å². The lowest BCUT2D eigenvalue weighted by Crippen LogP contribution is -2.10. The van der Waals surface area contributed by atoms with Crippen LogP contribution in [0.15, 0.2) is 217 Å². The molecule has 0 saturated heterocycles. The summed E-state index contributed by atoms with van der Waals surface area (Å²) in [5.41, 5.74) is 14.3. The Hall–Kier alpha value is -7.16. The van der Waals surface area contributed by atoms with Gasteiger partial charge in [-0.3, -0.25) is 0 Å². The summed E-state index contributed by atoms with van der Waals surface area (Å²) in [5, 5.41) is 4.66. The van der Waals surface area contributed by atoms with Crippen LogP contribution in [0.4, 0.5) is 17.1 Å². The lowest BCUT2D eigenvalue weighted by atomic mass is 9.94. The van der Waals surface area contributed by atoms with Crippen molar-refractivity contribution in [3.8, 4) is 44.5 Å². The van der Waals surface area contributed by atoms with E-state index in [0.29, 0.717) is 0 Å². The predicted molar refractivity (Wildman–Crippen MR) is 228 cm³/mol. The zero-order valence-electron chi connectivity index (χ0n) is 29.6. The largest absolute Gasteiger partial charge is 0.455 e. The van der Waals surface area contributed by atoms with Gasteiger partial charge in [0.25, 0.3) is 0 Å². The second-order valence-electron chi connectivity index (χ2n) is 13.7. The first-order chi connectivity index (χ1) is 26.8. The molecule has 0 saturated carbocycles. The lowest BCUT2D eigenvalue weighted by Gasteiger charge is -2.27. The van der Waals surface area contributed by atoms with Crippen molar-refractivity contribution in [3.63, 3.8) is 0 Å². The fourth-order valence-electron chi connectivity index (χ4n) is 7.93. The molecule has 0 bridgehead atoms. The molecule has 0 aliphatic carbocycles. The molecule has 54 heavy (non-hydrogen) atoms. The lowest BCUT2D eigenvalue weighted by molar-refractivity contribution is 0.670. The predicted octanol–water partition coefficient (Wildman–Crippen LogP) is 14.9. The van der Waals surface area contributed by atoms with Gasteiger partial charge < -0.3 is 9.32 Å². The normalized spacial score (nSPS) is 11.3. The Morgan fingerprint density at radius 2 is 0.796 bits per heavy atom. The molecule has 1 heterocycles. The van der Waals surface area contributed by atoms with E-state index in [1.807, 2.05) is 6.07 Å². The summed E-state index contributed by atoms with van der Waals surface area (Å²) >= 11 is 0. The molecule has 0 amide bonds. The highest BCUT2D eigenvalue weighted by atomic mass is 16.3. The molecule has 0 spiro atoms. The van der Waals surface area contributed by atoms with Crippen LogP contribution in [0.5, 0.6) is 0 Å². The molecule has 0 atom stereocenters. The van der Waals surface area contributed by atoms with Gasteiger partial charge in [-0.1, -0.05) is 170 Å². The van der Waals surface area contributed by atoms with E-state index in [0.717, 1.165) is 50.1 Å². The van der Waals surface area contributed by atoms with Gasteiger partial charge in [0.05, 0.1) is 11.1 Å². The van der Waals surface area contributed by atoms with Gasteiger partial charge in [0.15, 0.2) is 0 Å². The number of anilines is 3. The van der Waals surface area contributed by atoms with Gasteiger partial charge in [-0.25, -0.2) is 0 Å². The third kappa shape index (κ3) is 5.53. The maximum absolute atomic E-state index is 6.72. The van der Waals surface area contributed by atoms with Crippen LogP contribution >= 0.6 is 0 Å². The molecule has 9 aromatic carbocycles. The van der Waals surface area contributed by atoms with Gasteiger partial charge in [-0.2, -0.15) is 0 Å². The number of furan rings is 1. The Labute approximate surface area is 314 Å². The maximum atomic E-state index is 6.72. The van der Waals surface area contributed by atoms with Crippen LogP contribution in [-0.2, 0) is 0 Å². The highest BCUT2D eigenvalue weighted by molar-refractivity contribution is 6.17. The quantitative estimate of drug-likeness (QED) is 0.166. The molecule has 0 aliphatic rings. The Bertz CT molecular complexity index is 2900. The number of rotatable bonds is 7. The number of para-hydroxylation sites is 1. The fourth-order valence-corrected chi connectivity index (χ4v) is 7.93. The first-order valence-electron chi connectivity index (χ1n) is 18.4. The molecule has 254 valence electrons. The molecular weight excluding hydrogens is 655 g/mol. The van der Waals surface area contributed by atoms with E-state index in [-0.39, 0.29) is 0 Å². The zero-order chi connectivity index (χ0) is 35.8. The summed E-state index contributed by atoms with van der Waals surface area (Å²) in [6.07, 6.45) is 0. The first kappa shape index (κ1) is 31.6. The second-order valence-corrected chi connectivity index (χ2v) is 13.7. The van der Waals surface area contributed by atoms with Crippen molar-refractivity contribution in [1.82, 2.24) is 0 Å². The van der Waals surface area contributed by atoms with Crippen LogP contribution in [0.3, 0.4) is 0 Å². The molecule has 10 aromatic rings. The topological polar surface area (TPSA) is 16.4 Å². The molecule has 2 nitrogen and oxygen atoms in total. The number of hydrogen-bond donors (Lipinski definition) is 0. The molecule has 0 unspecified atom stereocenters. The van der Waals surface area contributed by atoms with Crippen LogP contribution in [0.1, 0.15) is 0 Å². The summed E-state index contributed by atoms with van der Waals surface area (Å²) in [7, 11) is 0. The van der Waals surface area contributed by atoms with Crippen LogP contribution in [0.25, 0.3) is 77.2 Å². The Morgan fingerprint density at radius 3 is 1.46 bits per heavy atom. The molecule has 2 heteroatoms. The highest BCUT2D eigenvalue weighted by Crippen LogP contribution is 2.47. The monoisotopic (exact) mass is 689 g/mol. The third-order valence-electron chi connectivity index (χ3n) is 10.5. The van der Waals surface area contributed by atoms with Crippen molar-refractivity contribution in [2.45, 2.75) is 0 Å². The molecule has 0 fully saturated rings. The summed E-state index contributed by atoms with van der Waals surface area (Å²) in [5.74, 6) is 0. The molecule has 10 rings (SSSR count). The SMILES string of the molecule is c1ccc(-c2ccccc2-c2ccc(N(c3ccc(-c4cccc5ccccc45)cc3)c3ccc(-c4ccccc4)c4oc5ccccc5c34)cc2)cc1. The van der Waals surface area contributed by atoms with Crippen molar-refractivity contribution in [3.05, 3.63) is 212 Å². The van der Waals surface area contributed by atoms with E-state index in [9.17, 15) is 0 Å². The summed E-state index contributed by atoms with van der Waals surface area (Å²) in [6, 6.07) is 75.7. The number of nitrogens with zero attached hydrogens (tertiary/aromatic N) is 1. The molecule has 1 aromatic heterocycles. The van der Waals surface area contributed by atoms with Crippen LogP contribution in [-0.4, -0.2) is 0 Å². The minimum atomic E-state index is 0.872. The van der Waals surface area contributed by atoms with E-state index >= 15 is 0 Å². The van der Waals surface area contributed by atoms with Crippen molar-refractivity contribution in [1.29, 1.82) is 0 Å². The van der Waals surface area contributed by atoms with Gasteiger partial charge in [-0.05, 0) is 92.2 Å². The summed E-state index contributed by atoms with van der Waals surface area (Å²) < 4.78 is 6.72. The highest BCUT2D eigenvalue weighted by Gasteiger charge is 2.22. The van der Waals surface area contributed by atoms with Gasteiger partial charge in [0.2, 0.25) is 0 Å². The van der Waals surface area contributed by atoms with Crippen LogP contribution in [0, 0.1) is 0 Å². The molecule has 0 radical (unpaired) electrons. The van der Waals surface area contributed by atoms with E-state index < -0.39 is 0 Å². The van der Waals surface area contributed by atoms with E-state index in [1.165, 1.54) is 44.2 Å². The van der Waals surface area contributed by atoms with Crippen molar-refractivity contribution < 1.29 is 4.42 Å². The number of benzene rings is 9. The van der Waals surface area contributed by atoms with Gasteiger partial charge in [-0.15, -0.1) is 0 Å². The average molecular weight is 690 g/mol. The smallest absolute Gasteiger partial charge is 0.145 e. The molecule has 0 aliphatic heterocycles. The Morgan fingerprint density at radius 1 is 0.315 bits per heavy atom. The minimum Gasteiger partial charge on any atom is -0.455 e. The molecule has 0 N–H and O–H groups in total. The van der Waals surface area contributed by atoms with Gasteiger partial charge >= 0.3 is 0 Å². The maximum Gasteiger partial charge on any atom is 0.145 e. The Kier molecular flexibility index (Phi) is 7.85. The second kappa shape index (κ2) is 13.4. The van der Waals surface area contributed by atoms with E-state index in [4.69, 9.17) is 4.42 Å². The Balaban J connectivity index is 1.16. The molecular formula is C52H35NO. The zero-order valence-corrected chi connectivity index (χ0v) is 29.6. The fraction of sp³-hybridized carbons (Fsp3) is 0. The average Bonchev–Trinajstić information content (AvgIpc) is 3.65. The third-order valence-corrected chi connectivity index (χ3v) is 10.5. The van der Waals surface area contributed by atoms with Crippen LogP contribution in [0.2, 0.25) is 0 Å².